The van der Waals surface area contributed by atoms with Crippen molar-refractivity contribution in [2.45, 2.75) is 31.5 Å². The van der Waals surface area contributed by atoms with Gasteiger partial charge in [0, 0.05) is 17.6 Å². The van der Waals surface area contributed by atoms with Gasteiger partial charge in [0.2, 0.25) is 5.91 Å². The molecule has 0 spiro atoms. The number of halogens is 1. The van der Waals surface area contributed by atoms with E-state index in [1.54, 1.807) is 0 Å². The Bertz CT molecular complexity index is 522. The zero-order valence-corrected chi connectivity index (χ0v) is 13.1. The van der Waals surface area contributed by atoms with Crippen LogP contribution in [0, 0.1) is 0 Å². The molecule has 2 heterocycles. The summed E-state index contributed by atoms with van der Waals surface area (Å²) < 4.78 is 0. The maximum absolute atomic E-state index is 12.2. The number of nitrogens with zero attached hydrogens (tertiary/aromatic N) is 2. The molecule has 21 heavy (non-hydrogen) atoms. The summed E-state index contributed by atoms with van der Waals surface area (Å²) in [5.74, 6) is 0.180. The summed E-state index contributed by atoms with van der Waals surface area (Å²) in [5, 5.41) is 4.02. The highest BCUT2D eigenvalue weighted by Crippen LogP contribution is 2.27. The van der Waals surface area contributed by atoms with Gasteiger partial charge in [0.15, 0.2) is 0 Å². The molecule has 2 aliphatic rings. The van der Waals surface area contributed by atoms with E-state index in [1.165, 1.54) is 19.3 Å². The van der Waals surface area contributed by atoms with E-state index in [-0.39, 0.29) is 12.1 Å². The lowest BCUT2D eigenvalue weighted by Crippen LogP contribution is -2.46. The maximum Gasteiger partial charge on any atom is 0.238 e. The van der Waals surface area contributed by atoms with Crippen LogP contribution < -0.4 is 5.32 Å². The van der Waals surface area contributed by atoms with Crippen molar-refractivity contribution in [3.8, 4) is 0 Å². The Kier molecular flexibility index (Phi) is 4.48. The van der Waals surface area contributed by atoms with Crippen LogP contribution in [0.5, 0.6) is 0 Å². The number of piperidine rings is 1. The third-order valence-electron chi connectivity index (χ3n) is 4.57. The van der Waals surface area contributed by atoms with Crippen LogP contribution in [-0.2, 0) is 4.79 Å². The summed E-state index contributed by atoms with van der Waals surface area (Å²) in [6.07, 6.45) is 3.64. The molecule has 2 unspecified atom stereocenters. The second-order valence-corrected chi connectivity index (χ2v) is 6.45. The lowest BCUT2D eigenvalue weighted by Gasteiger charge is -2.36. The molecule has 1 amide bonds. The zero-order chi connectivity index (χ0) is 14.8. The molecule has 0 radical (unpaired) electrons. The van der Waals surface area contributed by atoms with Crippen molar-refractivity contribution in [2.24, 2.45) is 0 Å². The zero-order valence-electron chi connectivity index (χ0n) is 12.4. The Balaban J connectivity index is 1.76. The van der Waals surface area contributed by atoms with Crippen molar-refractivity contribution in [1.29, 1.82) is 0 Å². The highest BCUT2D eigenvalue weighted by atomic mass is 35.5. The third-order valence-corrected chi connectivity index (χ3v) is 4.81. The molecule has 3 rings (SSSR count). The van der Waals surface area contributed by atoms with E-state index in [4.69, 9.17) is 11.6 Å². The Labute approximate surface area is 131 Å². The first-order valence-corrected chi connectivity index (χ1v) is 8.01. The minimum Gasteiger partial charge on any atom is -0.320 e. The number of amides is 1. The first kappa shape index (κ1) is 14.8. The molecule has 2 atom stereocenters. The molecule has 4 nitrogen and oxygen atoms in total. The summed E-state index contributed by atoms with van der Waals surface area (Å²) in [4.78, 5) is 16.6. The van der Waals surface area contributed by atoms with Gasteiger partial charge < -0.3 is 9.80 Å². The molecule has 0 aliphatic carbocycles. The van der Waals surface area contributed by atoms with Gasteiger partial charge in [-0.05, 0) is 44.1 Å². The molecular formula is C16H22ClN3O. The quantitative estimate of drug-likeness (QED) is 0.930. The molecule has 1 aromatic rings. The normalized spacial score (nSPS) is 27.3. The fourth-order valence-electron chi connectivity index (χ4n) is 3.32. The van der Waals surface area contributed by atoms with Crippen LogP contribution in [0.4, 0.5) is 0 Å². The van der Waals surface area contributed by atoms with Crippen LogP contribution in [0.25, 0.3) is 0 Å². The predicted molar refractivity (Wildman–Crippen MR) is 84.2 cm³/mol. The van der Waals surface area contributed by atoms with Crippen LogP contribution in [0.15, 0.2) is 24.3 Å². The second-order valence-electron chi connectivity index (χ2n) is 6.01. The average Bonchev–Trinajstić information content (AvgIpc) is 2.83. The van der Waals surface area contributed by atoms with Gasteiger partial charge in [0.25, 0.3) is 0 Å². The highest BCUT2D eigenvalue weighted by Gasteiger charge is 2.34. The topological polar surface area (TPSA) is 35.6 Å². The molecule has 0 saturated carbocycles. The van der Waals surface area contributed by atoms with E-state index in [0.717, 1.165) is 18.7 Å². The molecule has 0 aromatic heterocycles. The van der Waals surface area contributed by atoms with Gasteiger partial charge in [-0.1, -0.05) is 30.2 Å². The van der Waals surface area contributed by atoms with Gasteiger partial charge in [0.05, 0.1) is 6.54 Å². The minimum absolute atomic E-state index is 0.0495. The van der Waals surface area contributed by atoms with Crippen molar-refractivity contribution >= 4 is 17.5 Å². The van der Waals surface area contributed by atoms with Crippen molar-refractivity contribution in [1.82, 2.24) is 15.1 Å². The maximum atomic E-state index is 12.2. The molecule has 2 saturated heterocycles. The van der Waals surface area contributed by atoms with Crippen LogP contribution in [0.1, 0.15) is 31.0 Å². The first-order valence-electron chi connectivity index (χ1n) is 7.64. The number of likely N-dealkylation sites (tertiary alicyclic amines) is 1. The molecule has 2 fully saturated rings. The van der Waals surface area contributed by atoms with E-state index in [2.05, 4.69) is 17.3 Å². The summed E-state index contributed by atoms with van der Waals surface area (Å²) in [7, 11) is 2.16. The minimum atomic E-state index is -0.0495. The SMILES string of the molecule is CN1CCCCC1CN1C(=O)CNC1c1cccc(Cl)c1. The van der Waals surface area contributed by atoms with E-state index in [1.807, 2.05) is 29.2 Å². The Morgan fingerprint density at radius 1 is 1.38 bits per heavy atom. The number of carbonyl (C=O) groups is 1. The van der Waals surface area contributed by atoms with Gasteiger partial charge in [-0.3, -0.25) is 10.1 Å². The van der Waals surface area contributed by atoms with Crippen molar-refractivity contribution < 1.29 is 4.79 Å². The number of hydrogen-bond donors (Lipinski definition) is 1. The number of hydrogen-bond acceptors (Lipinski definition) is 3. The molecule has 1 aromatic carbocycles. The summed E-state index contributed by atoms with van der Waals surface area (Å²) >= 11 is 6.08. The van der Waals surface area contributed by atoms with Crippen molar-refractivity contribution in [3.63, 3.8) is 0 Å². The first-order chi connectivity index (χ1) is 10.1. The summed E-state index contributed by atoms with van der Waals surface area (Å²) in [6.45, 7) is 2.33. The predicted octanol–water partition coefficient (Wildman–Crippen LogP) is 2.25. The van der Waals surface area contributed by atoms with E-state index >= 15 is 0 Å². The Hall–Kier alpha value is -1.10. The molecular weight excluding hydrogens is 286 g/mol. The van der Waals surface area contributed by atoms with Gasteiger partial charge in [-0.25, -0.2) is 0 Å². The van der Waals surface area contributed by atoms with Crippen LogP contribution in [0.3, 0.4) is 0 Å². The average molecular weight is 308 g/mol. The van der Waals surface area contributed by atoms with E-state index in [0.29, 0.717) is 17.6 Å². The lowest BCUT2D eigenvalue weighted by molar-refractivity contribution is -0.129. The fourth-order valence-corrected chi connectivity index (χ4v) is 3.52. The number of benzene rings is 1. The molecule has 5 heteroatoms. The largest absolute Gasteiger partial charge is 0.320 e. The standard InChI is InChI=1S/C16H22ClN3O/c1-19-8-3-2-7-14(19)11-20-15(21)10-18-16(20)12-5-4-6-13(17)9-12/h4-6,9,14,16,18H,2-3,7-8,10-11H2,1H3. The van der Waals surface area contributed by atoms with E-state index in [9.17, 15) is 4.79 Å². The fraction of sp³-hybridized carbons (Fsp3) is 0.562. The number of nitrogens with one attached hydrogen (secondary N) is 1. The number of rotatable bonds is 3. The van der Waals surface area contributed by atoms with Gasteiger partial charge in [0.1, 0.15) is 6.17 Å². The van der Waals surface area contributed by atoms with Crippen LogP contribution in [-0.4, -0.2) is 48.4 Å². The van der Waals surface area contributed by atoms with Crippen LogP contribution in [0.2, 0.25) is 5.02 Å². The molecule has 114 valence electrons. The smallest absolute Gasteiger partial charge is 0.238 e. The molecule has 2 aliphatic heterocycles. The van der Waals surface area contributed by atoms with Crippen LogP contribution >= 0.6 is 11.6 Å². The summed E-state index contributed by atoms with van der Waals surface area (Å²) in [6, 6.07) is 8.23. The Morgan fingerprint density at radius 2 is 2.24 bits per heavy atom. The van der Waals surface area contributed by atoms with Gasteiger partial charge in [-0.15, -0.1) is 0 Å². The third kappa shape index (κ3) is 3.23. The number of carbonyl (C=O) groups excluding carboxylic acids is 1. The summed E-state index contributed by atoms with van der Waals surface area (Å²) in [5.41, 5.74) is 1.06. The van der Waals surface area contributed by atoms with Gasteiger partial charge >= 0.3 is 0 Å². The monoisotopic (exact) mass is 307 g/mol. The van der Waals surface area contributed by atoms with Crippen molar-refractivity contribution in [3.05, 3.63) is 34.9 Å². The molecule has 1 N–H and O–H groups in total. The molecule has 0 bridgehead atoms. The van der Waals surface area contributed by atoms with Gasteiger partial charge in [-0.2, -0.15) is 0 Å². The second kappa shape index (κ2) is 6.34. The van der Waals surface area contributed by atoms with E-state index < -0.39 is 0 Å². The van der Waals surface area contributed by atoms with Crippen molar-refractivity contribution in [2.75, 3.05) is 26.7 Å². The highest BCUT2D eigenvalue weighted by molar-refractivity contribution is 6.30. The lowest BCUT2D eigenvalue weighted by atomic mass is 10.0. The Morgan fingerprint density at radius 3 is 3.00 bits per heavy atom. The number of likely N-dealkylation sites (N-methyl/N-ethyl adjacent to an activating group) is 1.